The van der Waals surface area contributed by atoms with Crippen LogP contribution in [0.25, 0.3) is 0 Å². The van der Waals surface area contributed by atoms with E-state index in [0.717, 1.165) is 45.5 Å². The fourth-order valence-electron chi connectivity index (χ4n) is 3.13. The summed E-state index contributed by atoms with van der Waals surface area (Å²) in [6, 6.07) is 0. The maximum atomic E-state index is 12.6. The molecule has 0 amide bonds. The predicted octanol–water partition coefficient (Wildman–Crippen LogP) is 0.296. The Hall–Kier alpha value is -0.960. The Balaban J connectivity index is 1.62. The van der Waals surface area contributed by atoms with E-state index in [-0.39, 0.29) is 4.90 Å². The van der Waals surface area contributed by atoms with Gasteiger partial charge in [-0.05, 0) is 25.8 Å². The summed E-state index contributed by atoms with van der Waals surface area (Å²) in [5.41, 5.74) is 0. The molecule has 1 aromatic heterocycles. The number of nitrogens with zero attached hydrogens (tertiary/aromatic N) is 4. The van der Waals surface area contributed by atoms with E-state index < -0.39 is 10.0 Å². The molecular formula is C14H24N4O3S. The fourth-order valence-corrected chi connectivity index (χ4v) is 4.58. The van der Waals surface area contributed by atoms with Gasteiger partial charge in [-0.2, -0.15) is 9.40 Å². The van der Waals surface area contributed by atoms with Crippen molar-refractivity contribution >= 4 is 10.0 Å². The molecule has 0 saturated carbocycles. The van der Waals surface area contributed by atoms with Crippen molar-refractivity contribution in [1.29, 1.82) is 0 Å². The predicted molar refractivity (Wildman–Crippen MR) is 82.0 cm³/mol. The third kappa shape index (κ3) is 3.51. The highest BCUT2D eigenvalue weighted by molar-refractivity contribution is 7.89. The van der Waals surface area contributed by atoms with Gasteiger partial charge in [-0.1, -0.05) is 0 Å². The van der Waals surface area contributed by atoms with Gasteiger partial charge in [0.05, 0.1) is 12.3 Å². The van der Waals surface area contributed by atoms with E-state index in [0.29, 0.717) is 19.2 Å². The first-order chi connectivity index (χ1) is 10.6. The topological polar surface area (TPSA) is 67.7 Å². The van der Waals surface area contributed by atoms with Gasteiger partial charge < -0.3 is 4.74 Å². The van der Waals surface area contributed by atoms with Crippen LogP contribution in [0.4, 0.5) is 0 Å². The van der Waals surface area contributed by atoms with Crippen LogP contribution in [-0.4, -0.2) is 72.8 Å². The second-order valence-electron chi connectivity index (χ2n) is 6.04. The summed E-state index contributed by atoms with van der Waals surface area (Å²) in [7, 11) is -1.70. The van der Waals surface area contributed by atoms with Crippen molar-refractivity contribution in [2.45, 2.75) is 30.3 Å². The molecule has 3 heterocycles. The molecule has 0 bridgehead atoms. The van der Waals surface area contributed by atoms with Crippen molar-refractivity contribution in [3.05, 3.63) is 12.4 Å². The first kappa shape index (κ1) is 15.9. The van der Waals surface area contributed by atoms with Crippen molar-refractivity contribution in [2.24, 2.45) is 7.05 Å². The van der Waals surface area contributed by atoms with Gasteiger partial charge in [0, 0.05) is 46.0 Å². The Morgan fingerprint density at radius 2 is 2.14 bits per heavy atom. The quantitative estimate of drug-likeness (QED) is 0.795. The number of ether oxygens (including phenoxy) is 1. The van der Waals surface area contributed by atoms with Crippen LogP contribution in [0.15, 0.2) is 17.3 Å². The van der Waals surface area contributed by atoms with Gasteiger partial charge in [-0.25, -0.2) is 8.42 Å². The molecule has 0 aliphatic carbocycles. The van der Waals surface area contributed by atoms with Crippen LogP contribution in [0.2, 0.25) is 0 Å². The molecule has 0 aromatic carbocycles. The molecule has 0 N–H and O–H groups in total. The first-order valence-corrected chi connectivity index (χ1v) is 9.32. The van der Waals surface area contributed by atoms with E-state index in [1.54, 1.807) is 17.5 Å². The molecule has 2 aliphatic heterocycles. The number of aromatic nitrogens is 2. The van der Waals surface area contributed by atoms with Crippen molar-refractivity contribution in [3.8, 4) is 0 Å². The molecule has 3 rings (SSSR count). The van der Waals surface area contributed by atoms with Gasteiger partial charge in [-0.15, -0.1) is 0 Å². The summed E-state index contributed by atoms with van der Waals surface area (Å²) in [6.45, 7) is 4.57. The zero-order valence-corrected chi connectivity index (χ0v) is 13.8. The van der Waals surface area contributed by atoms with E-state index in [9.17, 15) is 8.42 Å². The molecule has 8 heteroatoms. The van der Waals surface area contributed by atoms with Gasteiger partial charge in [-0.3, -0.25) is 9.58 Å². The summed E-state index contributed by atoms with van der Waals surface area (Å²) in [5.74, 6) is 0. The Bertz CT molecular complexity index is 595. The highest BCUT2D eigenvalue weighted by atomic mass is 32.2. The summed E-state index contributed by atoms with van der Waals surface area (Å²) >= 11 is 0. The molecule has 0 radical (unpaired) electrons. The van der Waals surface area contributed by atoms with Crippen LogP contribution >= 0.6 is 0 Å². The summed E-state index contributed by atoms with van der Waals surface area (Å²) < 4.78 is 34.1. The Morgan fingerprint density at radius 3 is 2.82 bits per heavy atom. The van der Waals surface area contributed by atoms with Crippen molar-refractivity contribution in [3.63, 3.8) is 0 Å². The fraction of sp³-hybridized carbons (Fsp3) is 0.786. The van der Waals surface area contributed by atoms with Gasteiger partial charge in [0.15, 0.2) is 0 Å². The average molecular weight is 328 g/mol. The number of hydrogen-bond donors (Lipinski definition) is 0. The lowest BCUT2D eigenvalue weighted by molar-refractivity contribution is 0.0749. The van der Waals surface area contributed by atoms with Gasteiger partial charge in [0.2, 0.25) is 10.0 Å². The van der Waals surface area contributed by atoms with Crippen LogP contribution in [0, 0.1) is 0 Å². The van der Waals surface area contributed by atoms with Crippen molar-refractivity contribution in [2.75, 3.05) is 39.3 Å². The normalized spacial score (nSPS) is 25.4. The summed E-state index contributed by atoms with van der Waals surface area (Å²) in [6.07, 6.45) is 6.41. The van der Waals surface area contributed by atoms with Crippen LogP contribution in [-0.2, 0) is 21.8 Å². The van der Waals surface area contributed by atoms with Crippen LogP contribution < -0.4 is 0 Å². The standard InChI is InChI=1S/C14H24N4O3S/c1-16-12-14(10-15-16)22(19,20)18-6-3-5-17(7-8-18)11-13-4-2-9-21-13/h10,12-13H,2-9,11H2,1H3/t13-/m1/s1. The monoisotopic (exact) mass is 328 g/mol. The lowest BCUT2D eigenvalue weighted by Gasteiger charge is -2.23. The highest BCUT2D eigenvalue weighted by Gasteiger charge is 2.29. The smallest absolute Gasteiger partial charge is 0.246 e. The number of aryl methyl sites for hydroxylation is 1. The molecule has 124 valence electrons. The molecule has 2 fully saturated rings. The lowest BCUT2D eigenvalue weighted by Crippen LogP contribution is -2.37. The maximum Gasteiger partial charge on any atom is 0.246 e. The minimum atomic E-state index is -3.42. The van der Waals surface area contributed by atoms with Gasteiger partial charge >= 0.3 is 0 Å². The zero-order valence-electron chi connectivity index (χ0n) is 13.0. The number of hydrogen-bond acceptors (Lipinski definition) is 5. The second-order valence-corrected chi connectivity index (χ2v) is 7.98. The molecule has 2 aliphatic rings. The molecule has 1 atom stereocenters. The van der Waals surface area contributed by atoms with E-state index in [1.807, 2.05) is 0 Å². The molecular weight excluding hydrogens is 304 g/mol. The molecule has 0 spiro atoms. The van der Waals surface area contributed by atoms with Crippen LogP contribution in [0.5, 0.6) is 0 Å². The molecule has 22 heavy (non-hydrogen) atoms. The van der Waals surface area contributed by atoms with E-state index in [2.05, 4.69) is 10.00 Å². The largest absolute Gasteiger partial charge is 0.377 e. The van der Waals surface area contributed by atoms with Crippen LogP contribution in [0.3, 0.4) is 0 Å². The molecule has 0 unspecified atom stereocenters. The highest BCUT2D eigenvalue weighted by Crippen LogP contribution is 2.18. The van der Waals surface area contributed by atoms with Gasteiger partial charge in [0.1, 0.15) is 4.90 Å². The van der Waals surface area contributed by atoms with Crippen LogP contribution in [0.1, 0.15) is 19.3 Å². The Morgan fingerprint density at radius 1 is 1.27 bits per heavy atom. The van der Waals surface area contributed by atoms with E-state index in [1.165, 1.54) is 10.9 Å². The summed E-state index contributed by atoms with van der Waals surface area (Å²) in [4.78, 5) is 2.61. The zero-order chi connectivity index (χ0) is 15.6. The molecule has 7 nitrogen and oxygen atoms in total. The minimum absolute atomic E-state index is 0.280. The Kier molecular flexibility index (Phi) is 4.82. The lowest BCUT2D eigenvalue weighted by atomic mass is 10.2. The molecule has 2 saturated heterocycles. The van der Waals surface area contributed by atoms with Crippen molar-refractivity contribution < 1.29 is 13.2 Å². The molecule has 1 aromatic rings. The third-order valence-electron chi connectivity index (χ3n) is 4.35. The maximum absolute atomic E-state index is 12.6. The van der Waals surface area contributed by atoms with E-state index in [4.69, 9.17) is 4.74 Å². The van der Waals surface area contributed by atoms with Crippen molar-refractivity contribution in [1.82, 2.24) is 19.0 Å². The third-order valence-corrected chi connectivity index (χ3v) is 6.20. The summed E-state index contributed by atoms with van der Waals surface area (Å²) in [5, 5.41) is 3.97. The Labute approximate surface area is 131 Å². The minimum Gasteiger partial charge on any atom is -0.377 e. The van der Waals surface area contributed by atoms with E-state index >= 15 is 0 Å². The number of rotatable bonds is 4. The number of sulfonamides is 1. The second kappa shape index (κ2) is 6.66. The first-order valence-electron chi connectivity index (χ1n) is 7.88. The average Bonchev–Trinajstić information content (AvgIpc) is 3.07. The SMILES string of the molecule is Cn1cc(S(=O)(=O)N2CCCN(C[C@H]3CCCO3)CC2)cn1. The van der Waals surface area contributed by atoms with Gasteiger partial charge in [0.25, 0.3) is 0 Å².